The molecule has 0 amide bonds. The van der Waals surface area contributed by atoms with Crippen molar-refractivity contribution >= 4 is 10.1 Å². The number of rotatable bonds is 2. The average Bonchev–Trinajstić information content (AvgIpc) is 2.24. The van der Waals surface area contributed by atoms with Crippen LogP contribution in [0.4, 0.5) is 0 Å². The summed E-state index contributed by atoms with van der Waals surface area (Å²) in [4.78, 5) is -0.0747. The van der Waals surface area contributed by atoms with Gasteiger partial charge in [0.25, 0.3) is 10.1 Å². The van der Waals surface area contributed by atoms with E-state index in [1.54, 1.807) is 18.5 Å². The molecule has 0 aliphatic heterocycles. The van der Waals surface area contributed by atoms with Crippen LogP contribution in [0, 0.1) is 13.8 Å². The topological polar surface area (TPSA) is 72.2 Å². The maximum absolute atomic E-state index is 10.9. The second-order valence-corrected chi connectivity index (χ2v) is 4.15. The van der Waals surface area contributed by atoms with Gasteiger partial charge in [-0.15, -0.1) is 0 Å². The van der Waals surface area contributed by atoms with Crippen LogP contribution in [0.25, 0.3) is 0 Å². The maximum Gasteiger partial charge on any atom is 0.298 e. The number of aryl methyl sites for hydroxylation is 2. The monoisotopic (exact) mass is 204 g/mol. The van der Waals surface area contributed by atoms with Crippen LogP contribution in [0.3, 0.4) is 0 Å². The lowest BCUT2D eigenvalue weighted by Crippen LogP contribution is -2.03. The first-order chi connectivity index (χ1) is 5.88. The Morgan fingerprint density at radius 3 is 2.23 bits per heavy atom. The minimum Gasteiger partial charge on any atom is -0.282 e. The third-order valence-corrected chi connectivity index (χ3v) is 2.98. The molecule has 0 unspecified atom stereocenters. The summed E-state index contributed by atoms with van der Waals surface area (Å²) in [6.07, 6.45) is 0. The first kappa shape index (κ1) is 10.2. The van der Waals surface area contributed by atoms with Crippen molar-refractivity contribution in [3.8, 4) is 0 Å². The van der Waals surface area contributed by atoms with Crippen LogP contribution in [0.15, 0.2) is 4.90 Å². The first-order valence-corrected chi connectivity index (χ1v) is 5.33. The van der Waals surface area contributed by atoms with Gasteiger partial charge in [0.1, 0.15) is 4.90 Å². The molecule has 13 heavy (non-hydrogen) atoms. The zero-order chi connectivity index (χ0) is 10.2. The second kappa shape index (κ2) is 3.12. The van der Waals surface area contributed by atoms with Crippen molar-refractivity contribution in [2.45, 2.75) is 32.2 Å². The fourth-order valence-corrected chi connectivity index (χ4v) is 2.25. The van der Waals surface area contributed by atoms with Crippen molar-refractivity contribution in [3.63, 3.8) is 0 Å². The van der Waals surface area contributed by atoms with Crippen molar-refractivity contribution in [2.24, 2.45) is 0 Å². The van der Waals surface area contributed by atoms with Gasteiger partial charge < -0.3 is 0 Å². The molecule has 0 spiro atoms. The molecule has 1 rings (SSSR count). The molecule has 0 saturated carbocycles. The molecule has 6 heteroatoms. The Kier molecular flexibility index (Phi) is 2.44. The van der Waals surface area contributed by atoms with Crippen molar-refractivity contribution < 1.29 is 13.0 Å². The van der Waals surface area contributed by atoms with Crippen LogP contribution in [0.2, 0.25) is 0 Å². The summed E-state index contributed by atoms with van der Waals surface area (Å²) in [6, 6.07) is 0. The molecular weight excluding hydrogens is 192 g/mol. The molecule has 0 saturated heterocycles. The predicted molar refractivity (Wildman–Crippen MR) is 47.2 cm³/mol. The van der Waals surface area contributed by atoms with E-state index >= 15 is 0 Å². The van der Waals surface area contributed by atoms with Gasteiger partial charge >= 0.3 is 0 Å². The van der Waals surface area contributed by atoms with E-state index in [2.05, 4.69) is 5.10 Å². The van der Waals surface area contributed by atoms with E-state index in [9.17, 15) is 8.42 Å². The summed E-state index contributed by atoms with van der Waals surface area (Å²) in [7, 11) is -4.14. The van der Waals surface area contributed by atoms with E-state index in [1.807, 2.05) is 6.92 Å². The smallest absolute Gasteiger partial charge is 0.282 e. The van der Waals surface area contributed by atoms with Crippen LogP contribution < -0.4 is 0 Å². The van der Waals surface area contributed by atoms with Crippen LogP contribution in [0.1, 0.15) is 18.3 Å². The van der Waals surface area contributed by atoms with Gasteiger partial charge in [0.05, 0.1) is 11.4 Å². The molecular formula is C7H12N2O3S. The summed E-state index contributed by atoms with van der Waals surface area (Å²) in [5, 5.41) is 3.97. The fraction of sp³-hybridized carbons (Fsp3) is 0.571. The summed E-state index contributed by atoms with van der Waals surface area (Å²) in [5.74, 6) is 0. The van der Waals surface area contributed by atoms with Crippen LogP contribution in [-0.4, -0.2) is 22.8 Å². The lowest BCUT2D eigenvalue weighted by atomic mass is 10.4. The highest BCUT2D eigenvalue weighted by molar-refractivity contribution is 7.86. The van der Waals surface area contributed by atoms with Gasteiger partial charge in [0.2, 0.25) is 0 Å². The summed E-state index contributed by atoms with van der Waals surface area (Å²) in [5.41, 5.74) is 0.810. The van der Waals surface area contributed by atoms with Gasteiger partial charge in [0.15, 0.2) is 0 Å². The minimum atomic E-state index is -4.14. The van der Waals surface area contributed by atoms with Gasteiger partial charge in [-0.2, -0.15) is 13.5 Å². The third kappa shape index (κ3) is 1.73. The van der Waals surface area contributed by atoms with Crippen LogP contribution in [0.5, 0.6) is 0 Å². The van der Waals surface area contributed by atoms with Crippen molar-refractivity contribution in [1.82, 2.24) is 9.78 Å². The van der Waals surface area contributed by atoms with Gasteiger partial charge in [-0.05, 0) is 20.8 Å². The zero-order valence-electron chi connectivity index (χ0n) is 7.77. The van der Waals surface area contributed by atoms with Gasteiger partial charge in [0, 0.05) is 6.54 Å². The molecule has 1 aromatic heterocycles. The third-order valence-electron chi connectivity index (χ3n) is 1.87. The Balaban J connectivity index is 3.47. The standard InChI is InChI=1S/C7H12N2O3S/c1-4-9-6(3)7(5(2)8-9)13(10,11)12/h4H2,1-3H3,(H,10,11,12). The Bertz CT molecular complexity index is 419. The molecule has 5 nitrogen and oxygen atoms in total. The molecule has 0 atom stereocenters. The molecule has 1 aromatic rings. The Labute approximate surface area is 77.1 Å². The Morgan fingerprint density at radius 1 is 1.46 bits per heavy atom. The number of hydrogen-bond donors (Lipinski definition) is 1. The lowest BCUT2D eigenvalue weighted by Gasteiger charge is -1.98. The van der Waals surface area contributed by atoms with E-state index in [0.717, 1.165) is 0 Å². The van der Waals surface area contributed by atoms with E-state index in [4.69, 9.17) is 4.55 Å². The molecule has 0 aromatic carbocycles. The highest BCUT2D eigenvalue weighted by Gasteiger charge is 2.21. The first-order valence-electron chi connectivity index (χ1n) is 3.89. The fourth-order valence-electron chi connectivity index (χ4n) is 1.36. The van der Waals surface area contributed by atoms with Gasteiger partial charge in [-0.25, -0.2) is 0 Å². The van der Waals surface area contributed by atoms with E-state index in [0.29, 0.717) is 17.9 Å². The molecule has 0 bridgehead atoms. The number of hydrogen-bond acceptors (Lipinski definition) is 3. The highest BCUT2D eigenvalue weighted by Crippen LogP contribution is 2.18. The number of aromatic nitrogens is 2. The molecule has 0 aliphatic carbocycles. The van der Waals surface area contributed by atoms with Gasteiger partial charge in [-0.3, -0.25) is 9.23 Å². The lowest BCUT2D eigenvalue weighted by molar-refractivity contribution is 0.481. The van der Waals surface area contributed by atoms with Crippen LogP contribution >= 0.6 is 0 Å². The Morgan fingerprint density at radius 2 is 2.00 bits per heavy atom. The summed E-state index contributed by atoms with van der Waals surface area (Å²) >= 11 is 0. The molecule has 1 heterocycles. The normalized spacial score (nSPS) is 12.0. The van der Waals surface area contributed by atoms with Crippen molar-refractivity contribution in [2.75, 3.05) is 0 Å². The second-order valence-electron chi connectivity index (χ2n) is 2.79. The summed E-state index contributed by atoms with van der Waals surface area (Å²) in [6.45, 7) is 5.62. The molecule has 74 valence electrons. The minimum absolute atomic E-state index is 0.0747. The zero-order valence-corrected chi connectivity index (χ0v) is 8.59. The van der Waals surface area contributed by atoms with E-state index < -0.39 is 10.1 Å². The largest absolute Gasteiger partial charge is 0.298 e. The predicted octanol–water partition coefficient (Wildman–Crippen LogP) is 0.767. The van der Waals surface area contributed by atoms with E-state index in [1.165, 1.54) is 0 Å². The molecule has 0 aliphatic rings. The van der Waals surface area contributed by atoms with E-state index in [-0.39, 0.29) is 4.90 Å². The van der Waals surface area contributed by atoms with Crippen molar-refractivity contribution in [1.29, 1.82) is 0 Å². The molecule has 0 radical (unpaired) electrons. The average molecular weight is 204 g/mol. The molecule has 0 fully saturated rings. The Hall–Kier alpha value is -0.880. The quantitative estimate of drug-likeness (QED) is 0.722. The molecule has 1 N–H and O–H groups in total. The highest BCUT2D eigenvalue weighted by atomic mass is 32.2. The summed E-state index contributed by atoms with van der Waals surface area (Å²) < 4.78 is 32.2. The maximum atomic E-state index is 10.9. The van der Waals surface area contributed by atoms with Gasteiger partial charge in [-0.1, -0.05) is 0 Å². The van der Waals surface area contributed by atoms with Crippen LogP contribution in [-0.2, 0) is 16.7 Å². The number of nitrogens with zero attached hydrogens (tertiary/aromatic N) is 2. The SMILES string of the molecule is CCn1nc(C)c(S(=O)(=O)O)c1C. The van der Waals surface area contributed by atoms with Crippen molar-refractivity contribution in [3.05, 3.63) is 11.4 Å².